The summed E-state index contributed by atoms with van der Waals surface area (Å²) in [6, 6.07) is 1.88. The van der Waals surface area contributed by atoms with Crippen molar-refractivity contribution in [2.75, 3.05) is 24.6 Å². The number of piperidine rings is 1. The number of carboxylic acids is 1. The molecular weight excluding hydrogens is 284 g/mol. The van der Waals surface area contributed by atoms with Gasteiger partial charge in [0.2, 0.25) is 0 Å². The third-order valence-corrected chi connectivity index (χ3v) is 4.03. The van der Waals surface area contributed by atoms with E-state index in [4.69, 9.17) is 9.84 Å². The molecular formula is C16H22N2O4. The molecule has 2 heterocycles. The second-order valence-corrected chi connectivity index (χ2v) is 5.58. The number of ether oxygens (including phenoxy) is 1. The molecule has 1 aliphatic rings. The number of aliphatic carboxylic acids is 1. The highest BCUT2D eigenvalue weighted by molar-refractivity contribution is 5.92. The van der Waals surface area contributed by atoms with E-state index in [-0.39, 0.29) is 11.9 Å². The van der Waals surface area contributed by atoms with Crippen molar-refractivity contribution in [3.63, 3.8) is 0 Å². The number of hydrogen-bond acceptors (Lipinski definition) is 5. The van der Waals surface area contributed by atoms with Crippen LogP contribution in [0.2, 0.25) is 0 Å². The minimum atomic E-state index is -0.724. The summed E-state index contributed by atoms with van der Waals surface area (Å²) in [7, 11) is 0. The number of pyridine rings is 1. The number of rotatable bonds is 4. The summed E-state index contributed by atoms with van der Waals surface area (Å²) < 4.78 is 5.06. The van der Waals surface area contributed by atoms with Crippen LogP contribution < -0.4 is 4.90 Å². The summed E-state index contributed by atoms with van der Waals surface area (Å²) in [6.45, 7) is 7.11. The Labute approximate surface area is 130 Å². The molecule has 1 aliphatic heterocycles. The second-order valence-electron chi connectivity index (χ2n) is 5.58. The van der Waals surface area contributed by atoms with Crippen LogP contribution in [0.4, 0.5) is 5.82 Å². The van der Waals surface area contributed by atoms with Gasteiger partial charge in [-0.15, -0.1) is 0 Å². The lowest BCUT2D eigenvalue weighted by atomic mass is 9.97. The molecule has 0 spiro atoms. The van der Waals surface area contributed by atoms with Gasteiger partial charge >= 0.3 is 11.9 Å². The van der Waals surface area contributed by atoms with Gasteiger partial charge in [0.05, 0.1) is 23.8 Å². The Morgan fingerprint density at radius 3 is 2.50 bits per heavy atom. The van der Waals surface area contributed by atoms with Crippen LogP contribution in [-0.4, -0.2) is 41.7 Å². The molecule has 0 aromatic carbocycles. The van der Waals surface area contributed by atoms with Gasteiger partial charge in [0.1, 0.15) is 5.82 Å². The average molecular weight is 306 g/mol. The van der Waals surface area contributed by atoms with E-state index in [0.717, 1.165) is 11.4 Å². The molecule has 1 N–H and O–H groups in total. The lowest BCUT2D eigenvalue weighted by Gasteiger charge is -2.31. The van der Waals surface area contributed by atoms with E-state index >= 15 is 0 Å². The maximum Gasteiger partial charge on any atom is 0.340 e. The number of aromatic nitrogens is 1. The Hall–Kier alpha value is -2.11. The first-order valence-electron chi connectivity index (χ1n) is 7.57. The van der Waals surface area contributed by atoms with E-state index in [1.165, 1.54) is 0 Å². The third-order valence-electron chi connectivity index (χ3n) is 4.03. The summed E-state index contributed by atoms with van der Waals surface area (Å²) in [4.78, 5) is 29.5. The van der Waals surface area contributed by atoms with Crippen LogP contribution in [0.25, 0.3) is 0 Å². The van der Waals surface area contributed by atoms with Crippen LogP contribution in [0.3, 0.4) is 0 Å². The predicted octanol–water partition coefficient (Wildman–Crippen LogP) is 2.18. The van der Waals surface area contributed by atoms with Crippen LogP contribution in [0.1, 0.15) is 41.4 Å². The fourth-order valence-corrected chi connectivity index (χ4v) is 2.84. The third kappa shape index (κ3) is 3.37. The maximum atomic E-state index is 12.0. The molecule has 1 aromatic rings. The first-order chi connectivity index (χ1) is 10.4. The minimum absolute atomic E-state index is 0.266. The zero-order valence-electron chi connectivity index (χ0n) is 13.3. The van der Waals surface area contributed by atoms with Gasteiger partial charge in [-0.2, -0.15) is 0 Å². The van der Waals surface area contributed by atoms with Gasteiger partial charge in [0.15, 0.2) is 0 Å². The van der Waals surface area contributed by atoms with Crippen molar-refractivity contribution in [1.82, 2.24) is 4.98 Å². The average Bonchev–Trinajstić information content (AvgIpc) is 2.46. The quantitative estimate of drug-likeness (QED) is 0.859. The molecule has 0 saturated carbocycles. The van der Waals surface area contributed by atoms with E-state index in [1.54, 1.807) is 13.8 Å². The van der Waals surface area contributed by atoms with Gasteiger partial charge in [0.25, 0.3) is 0 Å². The van der Waals surface area contributed by atoms with Crippen molar-refractivity contribution < 1.29 is 19.4 Å². The zero-order valence-corrected chi connectivity index (χ0v) is 13.3. The molecule has 0 radical (unpaired) electrons. The molecule has 6 heteroatoms. The van der Waals surface area contributed by atoms with Crippen LogP contribution in [0.5, 0.6) is 0 Å². The maximum absolute atomic E-state index is 12.0. The highest BCUT2D eigenvalue weighted by atomic mass is 16.5. The molecule has 120 valence electrons. The van der Waals surface area contributed by atoms with Crippen molar-refractivity contribution in [2.45, 2.75) is 33.6 Å². The molecule has 0 unspecified atom stereocenters. The number of carbonyl (C=O) groups is 2. The number of hydrogen-bond donors (Lipinski definition) is 1. The number of carbonyl (C=O) groups excluding carboxylic acids is 1. The molecule has 0 aliphatic carbocycles. The van der Waals surface area contributed by atoms with E-state index in [2.05, 4.69) is 9.88 Å². The molecule has 22 heavy (non-hydrogen) atoms. The van der Waals surface area contributed by atoms with E-state index < -0.39 is 5.97 Å². The first-order valence-corrected chi connectivity index (χ1v) is 7.57. The molecule has 0 bridgehead atoms. The van der Waals surface area contributed by atoms with Gasteiger partial charge in [0, 0.05) is 13.1 Å². The Bertz CT molecular complexity index is 555. The number of anilines is 1. The topological polar surface area (TPSA) is 79.7 Å². The smallest absolute Gasteiger partial charge is 0.340 e. The summed E-state index contributed by atoms with van der Waals surface area (Å²) in [6.07, 6.45) is 1.24. The van der Waals surface area contributed by atoms with Crippen LogP contribution in [-0.2, 0) is 9.53 Å². The number of carboxylic acid groups (broad SMARTS) is 1. The lowest BCUT2D eigenvalue weighted by Crippen LogP contribution is -2.37. The Morgan fingerprint density at radius 2 is 2.00 bits per heavy atom. The highest BCUT2D eigenvalue weighted by Gasteiger charge is 2.26. The van der Waals surface area contributed by atoms with E-state index in [0.29, 0.717) is 43.8 Å². The summed E-state index contributed by atoms with van der Waals surface area (Å²) in [5, 5.41) is 9.05. The van der Waals surface area contributed by atoms with E-state index in [9.17, 15) is 9.59 Å². The number of aryl methyl sites for hydroxylation is 2. The largest absolute Gasteiger partial charge is 0.481 e. The molecule has 1 aromatic heterocycles. The highest BCUT2D eigenvalue weighted by Crippen LogP contribution is 2.25. The first kappa shape index (κ1) is 16.3. The van der Waals surface area contributed by atoms with Crippen molar-refractivity contribution in [3.05, 3.63) is 22.9 Å². The molecule has 1 saturated heterocycles. The fourth-order valence-electron chi connectivity index (χ4n) is 2.84. The molecule has 0 atom stereocenters. The van der Waals surface area contributed by atoms with Crippen LogP contribution in [0.15, 0.2) is 6.07 Å². The molecule has 1 fully saturated rings. The standard InChI is InChI=1S/C16H22N2O4/c1-4-22-16(21)14-10(2)9-13(17-11(14)3)18-7-5-12(6-8-18)15(19)20/h9,12H,4-8H2,1-3H3,(H,19,20). The van der Waals surface area contributed by atoms with Gasteiger partial charge in [-0.1, -0.05) is 0 Å². The Morgan fingerprint density at radius 1 is 1.36 bits per heavy atom. The number of esters is 1. The van der Waals surface area contributed by atoms with E-state index in [1.807, 2.05) is 13.0 Å². The minimum Gasteiger partial charge on any atom is -0.481 e. The normalized spacial score (nSPS) is 15.7. The lowest BCUT2D eigenvalue weighted by molar-refractivity contribution is -0.142. The monoisotopic (exact) mass is 306 g/mol. The van der Waals surface area contributed by atoms with Gasteiger partial charge < -0.3 is 14.7 Å². The molecule has 0 amide bonds. The van der Waals surface area contributed by atoms with Gasteiger partial charge in [-0.05, 0) is 45.2 Å². The number of nitrogens with zero attached hydrogens (tertiary/aromatic N) is 2. The SMILES string of the molecule is CCOC(=O)c1c(C)cc(N2CCC(C(=O)O)CC2)nc1C. The van der Waals surface area contributed by atoms with Crippen molar-refractivity contribution in [1.29, 1.82) is 0 Å². The Kier molecular flexibility index (Phi) is 5.00. The fraction of sp³-hybridized carbons (Fsp3) is 0.562. The van der Waals surface area contributed by atoms with Crippen molar-refractivity contribution in [2.24, 2.45) is 5.92 Å². The predicted molar refractivity (Wildman–Crippen MR) is 82.2 cm³/mol. The Balaban J connectivity index is 2.17. The summed E-state index contributed by atoms with van der Waals surface area (Å²) in [5.41, 5.74) is 2.00. The van der Waals surface area contributed by atoms with Gasteiger partial charge in [-0.25, -0.2) is 9.78 Å². The zero-order chi connectivity index (χ0) is 16.3. The van der Waals surface area contributed by atoms with Crippen LogP contribution in [0, 0.1) is 19.8 Å². The van der Waals surface area contributed by atoms with Crippen molar-refractivity contribution in [3.8, 4) is 0 Å². The summed E-state index contributed by atoms with van der Waals surface area (Å²) >= 11 is 0. The van der Waals surface area contributed by atoms with Gasteiger partial charge in [-0.3, -0.25) is 4.79 Å². The van der Waals surface area contributed by atoms with Crippen molar-refractivity contribution >= 4 is 17.8 Å². The summed E-state index contributed by atoms with van der Waals surface area (Å²) in [5.74, 6) is -0.539. The second kappa shape index (κ2) is 6.77. The molecule has 2 rings (SSSR count). The molecule has 6 nitrogen and oxygen atoms in total. The van der Waals surface area contributed by atoms with Crippen LogP contribution >= 0.6 is 0 Å².